The summed E-state index contributed by atoms with van der Waals surface area (Å²) >= 11 is 0. The quantitative estimate of drug-likeness (QED) is 0.0463. The predicted octanol–water partition coefficient (Wildman–Crippen LogP) is 6.94. The van der Waals surface area contributed by atoms with Crippen molar-refractivity contribution in [1.29, 1.82) is 0 Å². The highest BCUT2D eigenvalue weighted by Crippen LogP contribution is 2.25. The molecule has 0 bridgehead atoms. The molecule has 4 N–H and O–H groups in total. The molecule has 1 aliphatic rings. The minimum atomic E-state index is -1.47. The molecule has 1 fully saturated rings. The molecular weight excluding hydrogens is 552 g/mol. The zero-order chi connectivity index (χ0) is 31.9. The van der Waals surface area contributed by atoms with Gasteiger partial charge >= 0.3 is 11.9 Å². The number of aliphatic hydroxyl groups is 3. The van der Waals surface area contributed by atoms with Gasteiger partial charge in [0.2, 0.25) is 0 Å². The number of aliphatic hydroxyl groups excluding tert-OH is 3. The van der Waals surface area contributed by atoms with E-state index in [1.807, 2.05) is 0 Å². The van der Waals surface area contributed by atoms with E-state index in [9.17, 15) is 30.0 Å². The highest BCUT2D eigenvalue weighted by molar-refractivity contribution is 5.74. The molecule has 0 amide bonds. The van der Waals surface area contributed by atoms with Gasteiger partial charge in [0.1, 0.15) is 30.5 Å². The largest absolute Gasteiger partial charge is 0.481 e. The van der Waals surface area contributed by atoms with E-state index in [1.165, 1.54) is 64.2 Å². The summed E-state index contributed by atoms with van der Waals surface area (Å²) in [4.78, 5) is 24.4. The molecule has 0 spiro atoms. The van der Waals surface area contributed by atoms with Gasteiger partial charge in [-0.15, -0.1) is 0 Å². The fraction of sp³-hybridized carbons (Fsp3) is 0.882. The van der Waals surface area contributed by atoms with Crippen LogP contribution in [0.1, 0.15) is 156 Å². The van der Waals surface area contributed by atoms with Gasteiger partial charge in [0.25, 0.3) is 0 Å². The lowest BCUT2D eigenvalue weighted by molar-refractivity contribution is -0.304. The topological polar surface area (TPSA) is 143 Å². The smallest absolute Gasteiger partial charge is 0.313 e. The summed E-state index contributed by atoms with van der Waals surface area (Å²) in [6.07, 6.45) is 15.1. The van der Waals surface area contributed by atoms with Crippen molar-refractivity contribution < 1.29 is 44.2 Å². The lowest BCUT2D eigenvalue weighted by Crippen LogP contribution is -2.58. The predicted molar refractivity (Wildman–Crippen MR) is 167 cm³/mol. The number of unbranched alkanes of at least 4 members (excludes halogenated alkanes) is 16. The number of hydrogen-bond acceptors (Lipinski definition) is 8. The number of rotatable bonds is 26. The highest BCUT2D eigenvalue weighted by atomic mass is 16.7. The van der Waals surface area contributed by atoms with E-state index in [0.717, 1.165) is 44.9 Å². The Balaban J connectivity index is 2.66. The summed E-state index contributed by atoms with van der Waals surface area (Å²) in [7, 11) is 0. The van der Waals surface area contributed by atoms with E-state index < -0.39 is 48.7 Å². The Bertz CT molecular complexity index is 756. The van der Waals surface area contributed by atoms with Gasteiger partial charge in [-0.2, -0.15) is 0 Å². The van der Waals surface area contributed by atoms with E-state index >= 15 is 0 Å². The summed E-state index contributed by atoms with van der Waals surface area (Å²) in [5.74, 6) is -1.55. The minimum Gasteiger partial charge on any atom is -0.481 e. The van der Waals surface area contributed by atoms with Crippen molar-refractivity contribution >= 4 is 11.9 Å². The molecule has 0 aromatic rings. The number of carboxylic acids is 1. The third-order valence-corrected chi connectivity index (χ3v) is 8.16. The maximum Gasteiger partial charge on any atom is 0.313 e. The molecule has 9 nitrogen and oxygen atoms in total. The Labute approximate surface area is 260 Å². The molecule has 1 saturated heterocycles. The number of hydrogen-bond donors (Lipinski definition) is 4. The fourth-order valence-electron chi connectivity index (χ4n) is 5.43. The monoisotopic (exact) mass is 614 g/mol. The molecule has 0 aromatic heterocycles. The van der Waals surface area contributed by atoms with Gasteiger partial charge in [-0.25, -0.2) is 0 Å². The number of allylic oxidation sites excluding steroid dienone is 1. The van der Waals surface area contributed by atoms with Crippen molar-refractivity contribution in [2.24, 2.45) is 0 Å². The molecule has 1 rings (SSSR count). The van der Waals surface area contributed by atoms with Crippen LogP contribution in [0.2, 0.25) is 0 Å². The molecule has 1 heterocycles. The van der Waals surface area contributed by atoms with Crippen LogP contribution < -0.4 is 0 Å². The summed E-state index contributed by atoms with van der Waals surface area (Å²) < 4.78 is 17.1. The normalized spacial score (nSPS) is 23.3. The van der Waals surface area contributed by atoms with Crippen LogP contribution in [0.25, 0.3) is 0 Å². The van der Waals surface area contributed by atoms with E-state index in [4.69, 9.17) is 14.2 Å². The average Bonchev–Trinajstić information content (AvgIpc) is 2.96. The van der Waals surface area contributed by atoms with Gasteiger partial charge in [0.15, 0.2) is 6.29 Å². The van der Waals surface area contributed by atoms with Gasteiger partial charge in [0, 0.05) is 0 Å². The maximum atomic E-state index is 12.9. The first-order valence-corrected chi connectivity index (χ1v) is 17.2. The molecule has 0 aromatic carbocycles. The second kappa shape index (κ2) is 24.8. The Kier molecular flexibility index (Phi) is 22.7. The van der Waals surface area contributed by atoms with E-state index in [-0.39, 0.29) is 18.6 Å². The number of carbonyl (C=O) groups excluding carboxylic acids is 1. The number of carboxylic acid groups (broad SMARTS) is 1. The minimum absolute atomic E-state index is 0.128. The molecule has 0 saturated carbocycles. The van der Waals surface area contributed by atoms with E-state index in [0.29, 0.717) is 12.8 Å². The lowest BCUT2D eigenvalue weighted by Gasteiger charge is -2.40. The van der Waals surface area contributed by atoms with Crippen LogP contribution in [0.5, 0.6) is 0 Å². The molecule has 252 valence electrons. The molecule has 9 heteroatoms. The van der Waals surface area contributed by atoms with Gasteiger partial charge in [-0.1, -0.05) is 117 Å². The molecule has 0 radical (unpaired) electrons. The van der Waals surface area contributed by atoms with Crippen LogP contribution in [0, 0.1) is 0 Å². The number of esters is 1. The Morgan fingerprint density at radius 2 is 1.26 bits per heavy atom. The summed E-state index contributed by atoms with van der Waals surface area (Å²) in [6, 6.07) is 0. The standard InChI is InChI=1S/C34H62O9/c1-4-6-8-10-12-14-16-18-20-22-27(24-29(35)36)42-30(37)25-28(23-21-19-17-15-13-11-9-7-5-2)43-34-33(40)32(39)31(38)26(3)41-34/h22,26,28,31-34,38-40H,4-21,23-25H2,1-3H3,(H,35,36)/b27-22-/t26-,28?,31?,32+,33+,34?/m0/s1. The SMILES string of the molecule is CCCCCCCCCC/C=C(/CC(=O)O)OC(=O)CC(CCCCCCCCCCC)OC1O[C@@H](C)C(O)[C@@H](O)[C@H]1O. The molecule has 43 heavy (non-hydrogen) atoms. The van der Waals surface area contributed by atoms with Gasteiger partial charge < -0.3 is 34.6 Å². The molecular formula is C34H62O9. The van der Waals surface area contributed by atoms with Crippen LogP contribution in [-0.4, -0.2) is 69.2 Å². The van der Waals surface area contributed by atoms with E-state index in [2.05, 4.69) is 13.8 Å². The van der Waals surface area contributed by atoms with Crippen molar-refractivity contribution in [3.63, 3.8) is 0 Å². The van der Waals surface area contributed by atoms with Crippen LogP contribution in [0.4, 0.5) is 0 Å². The third kappa shape index (κ3) is 18.8. The first-order valence-electron chi connectivity index (χ1n) is 17.2. The van der Waals surface area contributed by atoms with Crippen molar-refractivity contribution in [2.75, 3.05) is 0 Å². The first-order chi connectivity index (χ1) is 20.7. The third-order valence-electron chi connectivity index (χ3n) is 8.16. The zero-order valence-corrected chi connectivity index (χ0v) is 27.2. The van der Waals surface area contributed by atoms with Crippen molar-refractivity contribution in [3.05, 3.63) is 11.8 Å². The van der Waals surface area contributed by atoms with Crippen molar-refractivity contribution in [1.82, 2.24) is 0 Å². The lowest BCUT2D eigenvalue weighted by atomic mass is 9.99. The Morgan fingerprint density at radius 3 is 1.79 bits per heavy atom. The fourth-order valence-corrected chi connectivity index (χ4v) is 5.43. The van der Waals surface area contributed by atoms with Gasteiger partial charge in [0.05, 0.1) is 18.6 Å². The number of aliphatic carboxylic acids is 1. The summed E-state index contributed by atoms with van der Waals surface area (Å²) in [5.41, 5.74) is 0. The Hall–Kier alpha value is -1.52. The van der Waals surface area contributed by atoms with Gasteiger partial charge in [-0.05, 0) is 32.3 Å². The molecule has 0 aliphatic carbocycles. The van der Waals surface area contributed by atoms with Crippen LogP contribution >= 0.6 is 0 Å². The van der Waals surface area contributed by atoms with Crippen LogP contribution in [0.15, 0.2) is 11.8 Å². The van der Waals surface area contributed by atoms with Crippen LogP contribution in [-0.2, 0) is 23.8 Å². The summed E-state index contributed by atoms with van der Waals surface area (Å²) in [5, 5.41) is 40.0. The zero-order valence-electron chi connectivity index (χ0n) is 27.2. The van der Waals surface area contributed by atoms with Crippen molar-refractivity contribution in [3.8, 4) is 0 Å². The number of ether oxygens (including phenoxy) is 3. The number of carbonyl (C=O) groups is 2. The average molecular weight is 615 g/mol. The Morgan fingerprint density at radius 1 is 0.744 bits per heavy atom. The van der Waals surface area contributed by atoms with Crippen LogP contribution in [0.3, 0.4) is 0 Å². The van der Waals surface area contributed by atoms with Gasteiger partial charge in [-0.3, -0.25) is 9.59 Å². The highest BCUT2D eigenvalue weighted by Gasteiger charge is 2.43. The second-order valence-corrected chi connectivity index (χ2v) is 12.2. The molecule has 1 aliphatic heterocycles. The first kappa shape index (κ1) is 39.5. The second-order valence-electron chi connectivity index (χ2n) is 12.2. The van der Waals surface area contributed by atoms with E-state index in [1.54, 1.807) is 13.0 Å². The molecule has 3 unspecified atom stereocenters. The summed E-state index contributed by atoms with van der Waals surface area (Å²) in [6.45, 7) is 5.98. The molecule has 6 atom stereocenters. The maximum absolute atomic E-state index is 12.9. The van der Waals surface area contributed by atoms with Crippen molar-refractivity contribution in [2.45, 2.75) is 192 Å².